The third kappa shape index (κ3) is 3.94. The molecule has 0 spiro atoms. The molecule has 20 heavy (non-hydrogen) atoms. The fourth-order valence-electron chi connectivity index (χ4n) is 1.86. The maximum Gasteiger partial charge on any atom is 0.280 e. The summed E-state index contributed by atoms with van der Waals surface area (Å²) in [6.45, 7) is 3.24. The lowest BCUT2D eigenvalue weighted by Crippen LogP contribution is -2.31. The molecule has 0 unspecified atom stereocenters. The quantitative estimate of drug-likeness (QED) is 0.456. The van der Waals surface area contributed by atoms with Crippen molar-refractivity contribution >= 4 is 28.9 Å². The second kappa shape index (κ2) is 7.25. The third-order valence-electron chi connectivity index (χ3n) is 3.01. The van der Waals surface area contributed by atoms with Crippen LogP contribution in [0.1, 0.15) is 24.2 Å². The van der Waals surface area contributed by atoms with Crippen LogP contribution in [0.5, 0.6) is 0 Å². The molecule has 0 saturated heterocycles. The lowest BCUT2D eigenvalue weighted by molar-refractivity contribution is -0.385. The number of nitro benzene ring substituents is 1. The van der Waals surface area contributed by atoms with Crippen LogP contribution in [-0.4, -0.2) is 40.0 Å². The molecule has 0 aliphatic rings. The van der Waals surface area contributed by atoms with Gasteiger partial charge in [0.25, 0.3) is 5.69 Å². The van der Waals surface area contributed by atoms with E-state index in [2.05, 4.69) is 5.32 Å². The molecule has 110 valence electrons. The van der Waals surface area contributed by atoms with Crippen LogP contribution in [0.25, 0.3) is 0 Å². The Morgan fingerprint density at radius 1 is 1.55 bits per heavy atom. The molecule has 0 aliphatic carbocycles. The molecular formula is C13H18N2O4S. The van der Waals surface area contributed by atoms with Crippen molar-refractivity contribution in [3.63, 3.8) is 0 Å². The van der Waals surface area contributed by atoms with E-state index in [0.29, 0.717) is 5.69 Å². The summed E-state index contributed by atoms with van der Waals surface area (Å²) in [6, 6.07) is 4.33. The number of aliphatic hydroxyl groups is 1. The van der Waals surface area contributed by atoms with Crippen molar-refractivity contribution in [1.82, 2.24) is 0 Å². The molecule has 0 fully saturated rings. The Morgan fingerprint density at radius 3 is 2.65 bits per heavy atom. The molecule has 1 rings (SSSR count). The summed E-state index contributed by atoms with van der Waals surface area (Å²) in [4.78, 5) is 21.8. The monoisotopic (exact) mass is 298 g/mol. The van der Waals surface area contributed by atoms with Gasteiger partial charge in [-0.25, -0.2) is 0 Å². The molecule has 0 aromatic heterocycles. The van der Waals surface area contributed by atoms with Gasteiger partial charge in [-0.15, -0.1) is 0 Å². The largest absolute Gasteiger partial charge is 0.395 e. The average molecular weight is 298 g/mol. The number of aliphatic hydroxyl groups excluding tert-OH is 1. The zero-order chi connectivity index (χ0) is 15.3. The van der Waals surface area contributed by atoms with E-state index in [0.717, 1.165) is 0 Å². The highest BCUT2D eigenvalue weighted by molar-refractivity contribution is 7.99. The van der Waals surface area contributed by atoms with Crippen LogP contribution in [0, 0.1) is 10.1 Å². The number of ketones is 1. The lowest BCUT2D eigenvalue weighted by Gasteiger charge is -2.22. The Hall–Kier alpha value is -1.60. The summed E-state index contributed by atoms with van der Waals surface area (Å²) in [7, 11) is 0. The highest BCUT2D eigenvalue weighted by Crippen LogP contribution is 2.24. The predicted molar refractivity (Wildman–Crippen MR) is 80.6 cm³/mol. The number of nitrogens with zero attached hydrogens (tertiary/aromatic N) is 1. The summed E-state index contributed by atoms with van der Waals surface area (Å²) < 4.78 is 0. The van der Waals surface area contributed by atoms with E-state index in [4.69, 9.17) is 0 Å². The molecule has 0 amide bonds. The molecule has 0 heterocycles. The average Bonchev–Trinajstić information content (AvgIpc) is 2.39. The van der Waals surface area contributed by atoms with Gasteiger partial charge in [0.15, 0.2) is 5.78 Å². The van der Waals surface area contributed by atoms with Crippen LogP contribution < -0.4 is 5.32 Å². The molecule has 0 bridgehead atoms. The molecule has 2 atom stereocenters. The van der Waals surface area contributed by atoms with Crippen molar-refractivity contribution < 1.29 is 14.8 Å². The number of nitrogens with one attached hydrogen (secondary N) is 1. The number of benzene rings is 1. The first-order chi connectivity index (χ1) is 9.40. The van der Waals surface area contributed by atoms with Crippen molar-refractivity contribution in [3.05, 3.63) is 33.9 Å². The number of nitro groups is 1. The van der Waals surface area contributed by atoms with Gasteiger partial charge < -0.3 is 10.4 Å². The fourth-order valence-corrected chi connectivity index (χ4v) is 2.48. The first kappa shape index (κ1) is 16.5. The Kier molecular flexibility index (Phi) is 5.97. The number of carbonyl (C=O) groups is 1. The topological polar surface area (TPSA) is 92.5 Å². The summed E-state index contributed by atoms with van der Waals surface area (Å²) in [5.74, 6) is -0.350. The number of anilines is 1. The molecule has 7 heteroatoms. The molecule has 1 aromatic rings. The normalized spacial score (nSPS) is 13.6. The maximum absolute atomic E-state index is 11.5. The highest BCUT2D eigenvalue weighted by Gasteiger charge is 2.20. The third-order valence-corrected chi connectivity index (χ3v) is 4.17. The minimum absolute atomic E-state index is 0.00553. The standard InChI is InChI=1S/C13H18N2O4S/c1-8(13(7-16)20-3)14-10-4-5-12(15(18)19)11(6-10)9(2)17/h4-6,8,13-14,16H,7H2,1-3H3/t8-,13+/m0/s1. The first-order valence-electron chi connectivity index (χ1n) is 6.10. The molecule has 0 aliphatic heterocycles. The van der Waals surface area contributed by atoms with E-state index in [1.807, 2.05) is 13.2 Å². The van der Waals surface area contributed by atoms with Crippen LogP contribution in [0.2, 0.25) is 0 Å². The van der Waals surface area contributed by atoms with Crippen molar-refractivity contribution in [1.29, 1.82) is 0 Å². The zero-order valence-corrected chi connectivity index (χ0v) is 12.4. The van der Waals surface area contributed by atoms with Gasteiger partial charge in [0.2, 0.25) is 0 Å². The minimum Gasteiger partial charge on any atom is -0.395 e. The van der Waals surface area contributed by atoms with Crippen molar-refractivity contribution in [2.45, 2.75) is 25.1 Å². The number of rotatable bonds is 7. The molecule has 6 nitrogen and oxygen atoms in total. The van der Waals surface area contributed by atoms with Crippen LogP contribution in [0.4, 0.5) is 11.4 Å². The van der Waals surface area contributed by atoms with Gasteiger partial charge in [0, 0.05) is 23.0 Å². The molecule has 1 aromatic carbocycles. The molecular weight excluding hydrogens is 280 g/mol. The second-order valence-electron chi connectivity index (χ2n) is 4.43. The molecule has 0 radical (unpaired) electrons. The van der Waals surface area contributed by atoms with E-state index in [-0.39, 0.29) is 34.9 Å². The van der Waals surface area contributed by atoms with Crippen LogP contribution >= 0.6 is 11.8 Å². The Morgan fingerprint density at radius 2 is 2.20 bits per heavy atom. The zero-order valence-electron chi connectivity index (χ0n) is 11.6. The van der Waals surface area contributed by atoms with E-state index in [1.165, 1.54) is 30.8 Å². The van der Waals surface area contributed by atoms with Crippen LogP contribution in [0.3, 0.4) is 0 Å². The number of hydrogen-bond donors (Lipinski definition) is 2. The second-order valence-corrected chi connectivity index (χ2v) is 5.51. The predicted octanol–water partition coefficient (Wildman–Crippen LogP) is 2.32. The summed E-state index contributed by atoms with van der Waals surface area (Å²) in [5, 5.41) is 23.2. The van der Waals surface area contributed by atoms with E-state index >= 15 is 0 Å². The minimum atomic E-state index is -0.567. The summed E-state index contributed by atoms with van der Waals surface area (Å²) in [6.07, 6.45) is 1.90. The Bertz CT molecular complexity index is 503. The fraction of sp³-hybridized carbons (Fsp3) is 0.462. The van der Waals surface area contributed by atoms with Gasteiger partial charge in [-0.3, -0.25) is 14.9 Å². The SMILES string of the molecule is CS[C@H](CO)[C@H](C)Nc1ccc([N+](=O)[O-])c(C(C)=O)c1. The number of hydrogen-bond acceptors (Lipinski definition) is 6. The van der Waals surface area contributed by atoms with Crippen molar-refractivity contribution in [3.8, 4) is 0 Å². The van der Waals surface area contributed by atoms with Crippen molar-refractivity contribution in [2.24, 2.45) is 0 Å². The summed E-state index contributed by atoms with van der Waals surface area (Å²) >= 11 is 1.53. The van der Waals surface area contributed by atoms with E-state index in [1.54, 1.807) is 6.07 Å². The van der Waals surface area contributed by atoms with Gasteiger partial charge in [-0.1, -0.05) is 0 Å². The number of carbonyl (C=O) groups excluding carboxylic acids is 1. The van der Waals surface area contributed by atoms with E-state index in [9.17, 15) is 20.0 Å². The Labute approximate surface area is 121 Å². The van der Waals surface area contributed by atoms with E-state index < -0.39 is 4.92 Å². The summed E-state index contributed by atoms with van der Waals surface area (Å²) in [5.41, 5.74) is 0.511. The van der Waals surface area contributed by atoms with Gasteiger partial charge in [0.1, 0.15) is 0 Å². The van der Waals surface area contributed by atoms with Gasteiger partial charge in [-0.05, 0) is 32.2 Å². The van der Waals surface area contributed by atoms with Crippen molar-refractivity contribution in [2.75, 3.05) is 18.2 Å². The smallest absolute Gasteiger partial charge is 0.280 e. The van der Waals surface area contributed by atoms with Crippen LogP contribution in [0.15, 0.2) is 18.2 Å². The van der Waals surface area contributed by atoms with Gasteiger partial charge in [0.05, 0.1) is 17.1 Å². The maximum atomic E-state index is 11.5. The molecule has 0 saturated carbocycles. The Balaban J connectivity index is 3.01. The first-order valence-corrected chi connectivity index (χ1v) is 7.39. The lowest BCUT2D eigenvalue weighted by atomic mass is 10.1. The van der Waals surface area contributed by atoms with Crippen LogP contribution in [-0.2, 0) is 0 Å². The number of thioether (sulfide) groups is 1. The van der Waals surface area contributed by atoms with Gasteiger partial charge >= 0.3 is 0 Å². The van der Waals surface area contributed by atoms with Gasteiger partial charge in [-0.2, -0.15) is 11.8 Å². The molecule has 2 N–H and O–H groups in total. The highest BCUT2D eigenvalue weighted by atomic mass is 32.2. The number of Topliss-reactive ketones (excluding diaryl/α,β-unsaturated/α-hetero) is 1.